The highest BCUT2D eigenvalue weighted by atomic mass is 16.6. The zero-order valence-corrected chi connectivity index (χ0v) is 14.9. The van der Waals surface area contributed by atoms with Crippen LogP contribution in [-0.2, 0) is 19.7 Å². The van der Waals surface area contributed by atoms with E-state index in [0.717, 1.165) is 42.7 Å². The van der Waals surface area contributed by atoms with Crippen molar-refractivity contribution < 1.29 is 14.3 Å². The molecule has 5 nitrogen and oxygen atoms in total. The lowest BCUT2D eigenvalue weighted by molar-refractivity contribution is -0.153. The first-order valence-electron chi connectivity index (χ1n) is 8.59. The summed E-state index contributed by atoms with van der Waals surface area (Å²) >= 11 is 0. The van der Waals surface area contributed by atoms with Crippen LogP contribution in [0.15, 0.2) is 18.2 Å². The van der Waals surface area contributed by atoms with Gasteiger partial charge in [-0.25, -0.2) is 0 Å². The van der Waals surface area contributed by atoms with Crippen molar-refractivity contribution >= 4 is 17.6 Å². The number of ether oxygens (including phenoxy) is 1. The van der Waals surface area contributed by atoms with Crippen molar-refractivity contribution in [3.05, 3.63) is 29.3 Å². The van der Waals surface area contributed by atoms with Crippen LogP contribution >= 0.6 is 0 Å². The summed E-state index contributed by atoms with van der Waals surface area (Å²) in [7, 11) is 0. The molecule has 0 aliphatic carbocycles. The lowest BCUT2D eigenvalue weighted by atomic mass is 9.72. The summed E-state index contributed by atoms with van der Waals surface area (Å²) in [5, 5.41) is 3.33. The van der Waals surface area contributed by atoms with E-state index in [0.29, 0.717) is 0 Å². The Balaban J connectivity index is 1.96. The second kappa shape index (κ2) is 5.88. The molecule has 2 heterocycles. The Morgan fingerprint density at radius 1 is 1.29 bits per heavy atom. The van der Waals surface area contributed by atoms with Gasteiger partial charge < -0.3 is 15.0 Å². The van der Waals surface area contributed by atoms with E-state index in [1.54, 1.807) is 4.90 Å². The number of carbonyl (C=O) groups is 2. The van der Waals surface area contributed by atoms with Crippen LogP contribution in [0.5, 0.6) is 0 Å². The summed E-state index contributed by atoms with van der Waals surface area (Å²) in [5.41, 5.74) is 2.04. The molecule has 0 atom stereocenters. The van der Waals surface area contributed by atoms with Gasteiger partial charge in [-0.3, -0.25) is 9.59 Å². The first-order valence-corrected chi connectivity index (χ1v) is 8.59. The molecule has 0 aromatic heterocycles. The number of aryl methyl sites for hydroxylation is 1. The van der Waals surface area contributed by atoms with Gasteiger partial charge in [-0.1, -0.05) is 12.1 Å². The van der Waals surface area contributed by atoms with Crippen molar-refractivity contribution in [2.75, 3.05) is 24.5 Å². The van der Waals surface area contributed by atoms with Crippen molar-refractivity contribution in [3.8, 4) is 0 Å². The monoisotopic (exact) mass is 330 g/mol. The van der Waals surface area contributed by atoms with Gasteiger partial charge in [0.2, 0.25) is 5.91 Å². The molecule has 1 aromatic carbocycles. The Kier molecular flexibility index (Phi) is 4.16. The first kappa shape index (κ1) is 17.0. The number of nitrogens with zero attached hydrogens (tertiary/aromatic N) is 1. The molecule has 0 saturated carbocycles. The van der Waals surface area contributed by atoms with Gasteiger partial charge in [0.05, 0.1) is 5.41 Å². The van der Waals surface area contributed by atoms with Crippen LogP contribution < -0.4 is 10.2 Å². The van der Waals surface area contributed by atoms with E-state index in [1.165, 1.54) is 0 Å². The van der Waals surface area contributed by atoms with Gasteiger partial charge in [0.15, 0.2) is 0 Å². The molecule has 2 aliphatic heterocycles. The predicted molar refractivity (Wildman–Crippen MR) is 93.2 cm³/mol. The maximum absolute atomic E-state index is 13.3. The third-order valence-electron chi connectivity index (χ3n) is 4.84. The number of piperidine rings is 1. The van der Waals surface area contributed by atoms with E-state index >= 15 is 0 Å². The Labute approximate surface area is 143 Å². The van der Waals surface area contributed by atoms with Gasteiger partial charge in [0.25, 0.3) is 0 Å². The number of hydrogen-bond donors (Lipinski definition) is 1. The first-order chi connectivity index (χ1) is 11.2. The molecule has 130 valence electrons. The molecular formula is C19H26N2O3. The average Bonchev–Trinajstić information content (AvgIpc) is 2.70. The van der Waals surface area contributed by atoms with Gasteiger partial charge in [0.1, 0.15) is 12.1 Å². The van der Waals surface area contributed by atoms with E-state index in [9.17, 15) is 9.59 Å². The molecule has 2 aliphatic rings. The van der Waals surface area contributed by atoms with E-state index < -0.39 is 11.0 Å². The number of benzene rings is 1. The summed E-state index contributed by atoms with van der Waals surface area (Å²) < 4.78 is 5.42. The third kappa shape index (κ3) is 2.81. The molecule has 5 heteroatoms. The van der Waals surface area contributed by atoms with Gasteiger partial charge in [-0.2, -0.15) is 0 Å². The normalized spacial score (nSPS) is 19.5. The largest absolute Gasteiger partial charge is 0.459 e. The Bertz CT molecular complexity index is 670. The maximum atomic E-state index is 13.3. The summed E-state index contributed by atoms with van der Waals surface area (Å²) in [6, 6.07) is 5.94. The molecule has 1 aromatic rings. The number of fused-ring (bicyclic) bond motifs is 2. The molecule has 0 radical (unpaired) electrons. The van der Waals surface area contributed by atoms with E-state index in [2.05, 4.69) is 5.32 Å². The second-order valence-corrected chi connectivity index (χ2v) is 7.78. The highest BCUT2D eigenvalue weighted by Gasteiger charge is 2.52. The van der Waals surface area contributed by atoms with Crippen LogP contribution in [0, 0.1) is 6.92 Å². The summed E-state index contributed by atoms with van der Waals surface area (Å²) in [4.78, 5) is 27.2. The molecule has 3 rings (SSSR count). The average molecular weight is 330 g/mol. The molecule has 1 spiro atoms. The maximum Gasteiger partial charge on any atom is 0.326 e. The van der Waals surface area contributed by atoms with Crippen molar-refractivity contribution in [1.82, 2.24) is 5.32 Å². The molecular weight excluding hydrogens is 304 g/mol. The lowest BCUT2D eigenvalue weighted by Gasteiger charge is -2.33. The van der Waals surface area contributed by atoms with Crippen LogP contribution in [0.25, 0.3) is 0 Å². The minimum Gasteiger partial charge on any atom is -0.459 e. The second-order valence-electron chi connectivity index (χ2n) is 7.78. The third-order valence-corrected chi connectivity index (χ3v) is 4.84. The van der Waals surface area contributed by atoms with Crippen molar-refractivity contribution in [3.63, 3.8) is 0 Å². The topological polar surface area (TPSA) is 58.6 Å². The fourth-order valence-corrected chi connectivity index (χ4v) is 3.95. The predicted octanol–water partition coefficient (Wildman–Crippen LogP) is 2.30. The zero-order chi connectivity index (χ0) is 17.5. The minimum absolute atomic E-state index is 0.0261. The fourth-order valence-electron chi connectivity index (χ4n) is 3.95. The van der Waals surface area contributed by atoms with Crippen LogP contribution in [0.4, 0.5) is 5.69 Å². The molecule has 24 heavy (non-hydrogen) atoms. The zero-order valence-electron chi connectivity index (χ0n) is 14.9. The number of anilines is 1. The van der Waals surface area contributed by atoms with Gasteiger partial charge in [-0.15, -0.1) is 0 Å². The van der Waals surface area contributed by atoms with E-state index in [-0.39, 0.29) is 18.4 Å². The number of nitrogens with one attached hydrogen (secondary N) is 1. The van der Waals surface area contributed by atoms with Crippen LogP contribution in [-0.4, -0.2) is 37.1 Å². The summed E-state index contributed by atoms with van der Waals surface area (Å²) in [6.45, 7) is 9.17. The summed E-state index contributed by atoms with van der Waals surface area (Å²) in [6.07, 6.45) is 1.54. The number of carbonyl (C=O) groups excluding carboxylic acids is 2. The molecule has 1 N–H and O–H groups in total. The van der Waals surface area contributed by atoms with Crippen molar-refractivity contribution in [1.29, 1.82) is 0 Å². The van der Waals surface area contributed by atoms with Crippen molar-refractivity contribution in [2.45, 2.75) is 51.6 Å². The lowest BCUT2D eigenvalue weighted by Crippen LogP contribution is -2.48. The number of amides is 1. The smallest absolute Gasteiger partial charge is 0.326 e. The highest BCUT2D eigenvalue weighted by Crippen LogP contribution is 2.48. The van der Waals surface area contributed by atoms with E-state index in [1.807, 2.05) is 45.9 Å². The molecule has 0 bridgehead atoms. The SMILES string of the molecule is Cc1cccc2c1C1(CCNCC1)C(=O)N2CC(=O)OC(C)(C)C. The van der Waals surface area contributed by atoms with Crippen LogP contribution in [0.3, 0.4) is 0 Å². The standard InChI is InChI=1S/C19H26N2O3/c1-13-6-5-7-14-16(13)19(8-10-20-11-9-19)17(23)21(14)12-15(22)24-18(2,3)4/h5-7,20H,8-12H2,1-4H3. The van der Waals surface area contributed by atoms with Crippen LogP contribution in [0.2, 0.25) is 0 Å². The molecule has 1 amide bonds. The fraction of sp³-hybridized carbons (Fsp3) is 0.579. The number of esters is 1. The Hall–Kier alpha value is -1.88. The van der Waals surface area contributed by atoms with Crippen molar-refractivity contribution in [2.24, 2.45) is 0 Å². The Morgan fingerprint density at radius 2 is 1.96 bits per heavy atom. The number of hydrogen-bond acceptors (Lipinski definition) is 4. The minimum atomic E-state index is -0.554. The highest BCUT2D eigenvalue weighted by molar-refractivity contribution is 6.10. The van der Waals surface area contributed by atoms with Crippen LogP contribution in [0.1, 0.15) is 44.7 Å². The number of rotatable bonds is 2. The summed E-state index contributed by atoms with van der Waals surface area (Å²) in [5.74, 6) is -0.326. The van der Waals surface area contributed by atoms with Gasteiger partial charge in [0, 0.05) is 5.69 Å². The molecule has 0 unspecified atom stereocenters. The quantitative estimate of drug-likeness (QED) is 0.846. The van der Waals surface area contributed by atoms with Gasteiger partial charge in [-0.05, 0) is 70.8 Å². The van der Waals surface area contributed by atoms with Gasteiger partial charge >= 0.3 is 5.97 Å². The van der Waals surface area contributed by atoms with E-state index in [4.69, 9.17) is 4.74 Å². The molecule has 1 fully saturated rings. The molecule has 1 saturated heterocycles. The Morgan fingerprint density at radius 3 is 2.58 bits per heavy atom.